The summed E-state index contributed by atoms with van der Waals surface area (Å²) in [6, 6.07) is 0. The molecule has 0 bridgehead atoms. The predicted octanol–water partition coefficient (Wildman–Crippen LogP) is 4.04. The molecule has 3 heteroatoms. The fraction of sp³-hybridized carbons (Fsp3) is 0.727. The van der Waals surface area contributed by atoms with Gasteiger partial charge in [0.15, 0.2) is 0 Å². The number of alkyl halides is 1. The van der Waals surface area contributed by atoms with Gasteiger partial charge in [-0.15, -0.1) is 22.9 Å². The summed E-state index contributed by atoms with van der Waals surface area (Å²) >= 11 is 8.02. The molecule has 1 unspecified atom stereocenters. The SMILES string of the molecule is Cc1csc(CCC(Cl)C(C)(C)C)n1. The number of hydrogen-bond donors (Lipinski definition) is 0. The van der Waals surface area contributed by atoms with Crippen LogP contribution in [0, 0.1) is 12.3 Å². The van der Waals surface area contributed by atoms with E-state index >= 15 is 0 Å². The maximum Gasteiger partial charge on any atom is 0.0928 e. The number of hydrogen-bond acceptors (Lipinski definition) is 2. The Labute approximate surface area is 95.5 Å². The van der Waals surface area contributed by atoms with E-state index < -0.39 is 0 Å². The van der Waals surface area contributed by atoms with E-state index in [4.69, 9.17) is 11.6 Å². The van der Waals surface area contributed by atoms with Gasteiger partial charge in [0, 0.05) is 22.9 Å². The van der Waals surface area contributed by atoms with E-state index in [2.05, 4.69) is 31.1 Å². The lowest BCUT2D eigenvalue weighted by Gasteiger charge is -2.24. The van der Waals surface area contributed by atoms with Crippen LogP contribution in [-0.4, -0.2) is 10.4 Å². The second-order valence-electron chi connectivity index (χ2n) is 4.75. The largest absolute Gasteiger partial charge is 0.247 e. The lowest BCUT2D eigenvalue weighted by Crippen LogP contribution is -2.21. The third-order valence-corrected chi connectivity index (χ3v) is 4.12. The Balaban J connectivity index is 2.41. The Hall–Kier alpha value is -0.0800. The van der Waals surface area contributed by atoms with E-state index in [1.54, 1.807) is 11.3 Å². The molecule has 1 atom stereocenters. The highest BCUT2D eigenvalue weighted by molar-refractivity contribution is 7.09. The molecule has 0 spiro atoms. The van der Waals surface area contributed by atoms with Crippen LogP contribution in [0.15, 0.2) is 5.38 Å². The zero-order valence-electron chi connectivity index (χ0n) is 9.30. The second-order valence-corrected chi connectivity index (χ2v) is 6.22. The predicted molar refractivity (Wildman–Crippen MR) is 64.3 cm³/mol. The molecule has 0 N–H and O–H groups in total. The molecule has 0 radical (unpaired) electrons. The highest BCUT2D eigenvalue weighted by Gasteiger charge is 2.21. The number of aromatic nitrogens is 1. The molecular weight excluding hydrogens is 214 g/mol. The molecule has 14 heavy (non-hydrogen) atoms. The Bertz CT molecular complexity index is 288. The van der Waals surface area contributed by atoms with Crippen LogP contribution in [0.2, 0.25) is 0 Å². The van der Waals surface area contributed by atoms with Gasteiger partial charge in [0.25, 0.3) is 0 Å². The third kappa shape index (κ3) is 3.58. The van der Waals surface area contributed by atoms with Crippen molar-refractivity contribution in [3.8, 4) is 0 Å². The van der Waals surface area contributed by atoms with Gasteiger partial charge in [-0.25, -0.2) is 4.98 Å². The molecule has 1 nitrogen and oxygen atoms in total. The van der Waals surface area contributed by atoms with E-state index in [0.29, 0.717) is 0 Å². The average Bonchev–Trinajstić information content (AvgIpc) is 2.45. The van der Waals surface area contributed by atoms with E-state index in [9.17, 15) is 0 Å². The van der Waals surface area contributed by atoms with E-state index in [0.717, 1.165) is 18.5 Å². The molecule has 0 saturated heterocycles. The van der Waals surface area contributed by atoms with Crippen molar-refractivity contribution in [3.63, 3.8) is 0 Å². The van der Waals surface area contributed by atoms with Gasteiger partial charge in [0.05, 0.1) is 5.01 Å². The van der Waals surface area contributed by atoms with Crippen molar-refractivity contribution >= 4 is 22.9 Å². The van der Waals surface area contributed by atoms with Crippen LogP contribution in [0.5, 0.6) is 0 Å². The Morgan fingerprint density at radius 2 is 2.14 bits per heavy atom. The topological polar surface area (TPSA) is 12.9 Å². The van der Waals surface area contributed by atoms with Crippen molar-refractivity contribution in [2.24, 2.45) is 5.41 Å². The minimum atomic E-state index is 0.188. The van der Waals surface area contributed by atoms with Crippen molar-refractivity contribution in [1.29, 1.82) is 0 Å². The lowest BCUT2D eigenvalue weighted by molar-refractivity contribution is 0.374. The normalized spacial score (nSPS) is 14.4. The number of nitrogens with zero attached hydrogens (tertiary/aromatic N) is 1. The van der Waals surface area contributed by atoms with Gasteiger partial charge in [-0.2, -0.15) is 0 Å². The molecule has 0 aliphatic heterocycles. The molecule has 1 aromatic heterocycles. The molecule has 0 aromatic carbocycles. The van der Waals surface area contributed by atoms with Crippen LogP contribution in [0.25, 0.3) is 0 Å². The standard InChI is InChI=1S/C11H18ClNS/c1-8-7-14-10(13-8)6-5-9(12)11(2,3)4/h7,9H,5-6H2,1-4H3. The second kappa shape index (κ2) is 4.63. The van der Waals surface area contributed by atoms with Crippen LogP contribution in [-0.2, 0) is 6.42 Å². The van der Waals surface area contributed by atoms with Crippen LogP contribution >= 0.6 is 22.9 Å². The van der Waals surface area contributed by atoms with Crippen LogP contribution < -0.4 is 0 Å². The highest BCUT2D eigenvalue weighted by Crippen LogP contribution is 2.28. The zero-order chi connectivity index (χ0) is 10.8. The summed E-state index contributed by atoms with van der Waals surface area (Å²) in [6.45, 7) is 8.56. The van der Waals surface area contributed by atoms with Gasteiger partial charge < -0.3 is 0 Å². The smallest absolute Gasteiger partial charge is 0.0928 e. The molecule has 0 amide bonds. The van der Waals surface area contributed by atoms with Gasteiger partial charge in [-0.3, -0.25) is 0 Å². The lowest BCUT2D eigenvalue weighted by atomic mass is 9.89. The highest BCUT2D eigenvalue weighted by atomic mass is 35.5. The van der Waals surface area contributed by atoms with E-state index in [1.165, 1.54) is 5.01 Å². The first kappa shape index (κ1) is 12.0. The summed E-state index contributed by atoms with van der Waals surface area (Å²) in [4.78, 5) is 4.42. The minimum absolute atomic E-state index is 0.188. The maximum atomic E-state index is 6.29. The average molecular weight is 232 g/mol. The fourth-order valence-electron chi connectivity index (χ4n) is 1.20. The van der Waals surface area contributed by atoms with Crippen LogP contribution in [0.4, 0.5) is 0 Å². The van der Waals surface area contributed by atoms with Crippen molar-refractivity contribution in [2.75, 3.05) is 0 Å². The molecule has 1 rings (SSSR count). The third-order valence-electron chi connectivity index (χ3n) is 2.22. The van der Waals surface area contributed by atoms with E-state index in [1.807, 2.05) is 6.92 Å². The first-order chi connectivity index (χ1) is 6.39. The molecule has 1 heterocycles. The number of thiazole rings is 1. The summed E-state index contributed by atoms with van der Waals surface area (Å²) in [5, 5.41) is 3.53. The van der Waals surface area contributed by atoms with Gasteiger partial charge in [-0.1, -0.05) is 20.8 Å². The van der Waals surface area contributed by atoms with Crippen LogP contribution in [0.3, 0.4) is 0 Å². The molecule has 80 valence electrons. The Morgan fingerprint density at radius 3 is 2.57 bits per heavy atom. The first-order valence-corrected chi connectivity index (χ1v) is 6.26. The van der Waals surface area contributed by atoms with Gasteiger partial charge in [-0.05, 0) is 18.8 Å². The van der Waals surface area contributed by atoms with Gasteiger partial charge in [0.1, 0.15) is 0 Å². The Kier molecular flexibility index (Phi) is 3.96. The summed E-state index contributed by atoms with van der Waals surface area (Å²) in [6.07, 6.45) is 2.02. The minimum Gasteiger partial charge on any atom is -0.247 e. The van der Waals surface area contributed by atoms with Crippen LogP contribution in [0.1, 0.15) is 37.9 Å². The quantitative estimate of drug-likeness (QED) is 0.716. The van der Waals surface area contributed by atoms with E-state index in [-0.39, 0.29) is 10.8 Å². The fourth-order valence-corrected chi connectivity index (χ4v) is 2.10. The maximum absolute atomic E-state index is 6.29. The molecular formula is C11H18ClNS. The summed E-state index contributed by atoms with van der Waals surface area (Å²) in [7, 11) is 0. The van der Waals surface area contributed by atoms with Crippen molar-refractivity contribution in [3.05, 3.63) is 16.1 Å². The summed E-state index contributed by atoms with van der Waals surface area (Å²) in [5.41, 5.74) is 1.31. The van der Waals surface area contributed by atoms with Crippen molar-refractivity contribution < 1.29 is 0 Å². The monoisotopic (exact) mass is 231 g/mol. The summed E-state index contributed by atoms with van der Waals surface area (Å²) in [5.74, 6) is 0. The number of rotatable bonds is 3. The van der Waals surface area contributed by atoms with Gasteiger partial charge >= 0.3 is 0 Å². The Morgan fingerprint density at radius 1 is 1.50 bits per heavy atom. The zero-order valence-corrected chi connectivity index (χ0v) is 10.9. The summed E-state index contributed by atoms with van der Waals surface area (Å²) < 4.78 is 0. The molecule has 1 aromatic rings. The molecule has 0 aliphatic carbocycles. The molecule has 0 aliphatic rings. The first-order valence-electron chi connectivity index (χ1n) is 4.94. The number of halogens is 1. The molecule has 0 saturated carbocycles. The number of aryl methyl sites for hydroxylation is 2. The molecule has 0 fully saturated rings. The van der Waals surface area contributed by atoms with Gasteiger partial charge in [0.2, 0.25) is 0 Å². The van der Waals surface area contributed by atoms with Crippen molar-refractivity contribution in [2.45, 2.75) is 45.9 Å². The van der Waals surface area contributed by atoms with Crippen molar-refractivity contribution in [1.82, 2.24) is 4.98 Å².